The van der Waals surface area contributed by atoms with Crippen molar-refractivity contribution in [2.75, 3.05) is 0 Å². The van der Waals surface area contributed by atoms with Gasteiger partial charge in [-0.2, -0.15) is 0 Å². The van der Waals surface area contributed by atoms with Crippen molar-refractivity contribution in [2.45, 2.75) is 135 Å². The Balaban J connectivity index is 3.41. The van der Waals surface area contributed by atoms with E-state index in [1.807, 2.05) is 24.3 Å². The summed E-state index contributed by atoms with van der Waals surface area (Å²) in [7, 11) is 0. The number of aliphatic hydroxyl groups is 1. The summed E-state index contributed by atoms with van der Waals surface area (Å²) in [4.78, 5) is 20.8. The van der Waals surface area contributed by atoms with Gasteiger partial charge < -0.3 is 5.11 Å². The Kier molecular flexibility index (Phi) is 29.0. The van der Waals surface area contributed by atoms with Gasteiger partial charge in [-0.15, -0.1) is 4.91 Å². The summed E-state index contributed by atoms with van der Waals surface area (Å²) < 4.78 is 0. The minimum Gasteiger partial charge on any atom is -0.389 e. The molecule has 1 amide bonds. The van der Waals surface area contributed by atoms with Crippen LogP contribution in [0.15, 0.2) is 78.1 Å². The quantitative estimate of drug-likeness (QED) is 0.0528. The Bertz CT molecular complexity index is 715. The van der Waals surface area contributed by atoms with Crippen LogP contribution in [0.25, 0.3) is 0 Å². The monoisotopic (exact) mass is 525 g/mol. The summed E-state index contributed by atoms with van der Waals surface area (Å²) in [5.41, 5.74) is 0. The molecule has 0 spiro atoms. The number of rotatable bonds is 26. The van der Waals surface area contributed by atoms with Crippen molar-refractivity contribution < 1.29 is 9.90 Å². The fourth-order valence-electron chi connectivity index (χ4n) is 4.02. The van der Waals surface area contributed by atoms with Crippen molar-refractivity contribution in [3.63, 3.8) is 0 Å². The van der Waals surface area contributed by atoms with Gasteiger partial charge in [-0.3, -0.25) is 4.79 Å². The Morgan fingerprint density at radius 3 is 1.68 bits per heavy atom. The van der Waals surface area contributed by atoms with Crippen LogP contribution in [0.2, 0.25) is 0 Å². The molecule has 0 aromatic rings. The van der Waals surface area contributed by atoms with Crippen LogP contribution in [0.1, 0.15) is 129 Å². The number of nitrogens with zero attached hydrogens (tertiary/aromatic N) is 1. The number of allylic oxidation sites excluding steroid dienone is 10. The van der Waals surface area contributed by atoms with E-state index in [1.54, 1.807) is 0 Å². The third-order valence-electron chi connectivity index (χ3n) is 6.29. The molecule has 0 rings (SSSR count). The summed E-state index contributed by atoms with van der Waals surface area (Å²) in [5, 5.41) is 12.2. The topological polar surface area (TPSA) is 66.7 Å². The number of carbonyl (C=O) groups is 1. The fourth-order valence-corrected chi connectivity index (χ4v) is 4.02. The number of nitroso groups, excluding NO2 is 1. The molecule has 0 unspecified atom stereocenters. The number of unbranched alkanes of at least 4 members (excludes halogenated alkanes) is 12. The van der Waals surface area contributed by atoms with Crippen molar-refractivity contribution in [3.05, 3.63) is 77.8 Å². The van der Waals surface area contributed by atoms with Crippen LogP contribution >= 0.6 is 0 Å². The van der Waals surface area contributed by atoms with Gasteiger partial charge in [-0.05, 0) is 51.4 Å². The third-order valence-corrected chi connectivity index (χ3v) is 6.29. The molecule has 0 aromatic carbocycles. The van der Waals surface area contributed by atoms with Crippen molar-refractivity contribution in [1.82, 2.24) is 0 Å². The first-order valence-electron chi connectivity index (χ1n) is 15.2. The highest BCUT2D eigenvalue weighted by Crippen LogP contribution is 2.13. The van der Waals surface area contributed by atoms with E-state index in [0.29, 0.717) is 12.8 Å². The van der Waals surface area contributed by atoms with Crippen LogP contribution in [0.4, 0.5) is 0 Å². The van der Waals surface area contributed by atoms with Gasteiger partial charge in [0, 0.05) is 11.6 Å². The van der Waals surface area contributed by atoms with Gasteiger partial charge >= 0.3 is 0 Å². The van der Waals surface area contributed by atoms with E-state index in [0.717, 1.165) is 44.9 Å². The smallest absolute Gasteiger partial charge is 0.286 e. The van der Waals surface area contributed by atoms with E-state index >= 15 is 0 Å². The molecule has 4 nitrogen and oxygen atoms in total. The van der Waals surface area contributed by atoms with E-state index in [2.05, 4.69) is 60.7 Å². The van der Waals surface area contributed by atoms with Gasteiger partial charge in [0.15, 0.2) is 0 Å². The Morgan fingerprint density at radius 2 is 1.13 bits per heavy atom. The van der Waals surface area contributed by atoms with Gasteiger partial charge in [0.25, 0.3) is 5.91 Å². The first kappa shape index (κ1) is 35.7. The first-order chi connectivity index (χ1) is 18.7. The molecule has 0 radical (unpaired) electrons. The molecule has 0 aliphatic carbocycles. The molecular weight excluding hydrogens is 470 g/mol. The SMILES string of the molecule is CC/C=C\C[C@H](O)/C=C/C=C\C/C=C\C/C=C\C/C=C\CCCCCCCCCCCCCCC(=O)N=O. The lowest BCUT2D eigenvalue weighted by Gasteiger charge is -2.02. The van der Waals surface area contributed by atoms with Crippen LogP contribution in [-0.2, 0) is 4.79 Å². The van der Waals surface area contributed by atoms with Gasteiger partial charge in [-0.25, -0.2) is 0 Å². The lowest BCUT2D eigenvalue weighted by molar-refractivity contribution is -0.118. The lowest BCUT2D eigenvalue weighted by atomic mass is 10.0. The van der Waals surface area contributed by atoms with Gasteiger partial charge in [0.05, 0.1) is 6.10 Å². The van der Waals surface area contributed by atoms with Crippen molar-refractivity contribution >= 4 is 5.91 Å². The second kappa shape index (κ2) is 30.9. The Morgan fingerprint density at radius 1 is 0.632 bits per heavy atom. The number of hydrogen-bond acceptors (Lipinski definition) is 3. The van der Waals surface area contributed by atoms with Crippen molar-refractivity contribution in [3.8, 4) is 0 Å². The van der Waals surface area contributed by atoms with Crippen LogP contribution in [0.5, 0.6) is 0 Å². The number of aliphatic hydroxyl groups excluding tert-OH is 1. The third kappa shape index (κ3) is 29.9. The highest BCUT2D eigenvalue weighted by molar-refractivity contribution is 5.76. The molecule has 1 atom stereocenters. The molecule has 0 aromatic heterocycles. The molecule has 0 aliphatic rings. The van der Waals surface area contributed by atoms with Crippen LogP contribution in [0.3, 0.4) is 0 Å². The molecule has 0 fully saturated rings. The minimum absolute atomic E-state index is 0.318. The zero-order valence-corrected chi connectivity index (χ0v) is 24.2. The first-order valence-corrected chi connectivity index (χ1v) is 15.2. The maximum atomic E-state index is 10.8. The average Bonchev–Trinajstić information content (AvgIpc) is 2.92. The van der Waals surface area contributed by atoms with Crippen molar-refractivity contribution in [2.24, 2.45) is 5.18 Å². The zero-order valence-electron chi connectivity index (χ0n) is 24.2. The Hall–Kier alpha value is -2.33. The summed E-state index contributed by atoms with van der Waals surface area (Å²) >= 11 is 0. The largest absolute Gasteiger partial charge is 0.389 e. The molecule has 0 bridgehead atoms. The molecule has 4 heteroatoms. The van der Waals surface area contributed by atoms with E-state index in [4.69, 9.17) is 0 Å². The molecule has 1 N–H and O–H groups in total. The minimum atomic E-state index is -0.507. The van der Waals surface area contributed by atoms with Crippen LogP contribution in [-0.4, -0.2) is 17.1 Å². The van der Waals surface area contributed by atoms with E-state index in [9.17, 15) is 14.8 Å². The predicted molar refractivity (Wildman–Crippen MR) is 165 cm³/mol. The molecule has 0 saturated heterocycles. The normalized spacial score (nSPS) is 13.4. The maximum Gasteiger partial charge on any atom is 0.286 e. The van der Waals surface area contributed by atoms with Crippen LogP contribution < -0.4 is 0 Å². The van der Waals surface area contributed by atoms with E-state index in [1.165, 1.54) is 64.2 Å². The second-order valence-electron chi connectivity index (χ2n) is 9.88. The van der Waals surface area contributed by atoms with Gasteiger partial charge in [0.1, 0.15) is 0 Å². The summed E-state index contributed by atoms with van der Waals surface area (Å²) in [6, 6.07) is 0. The number of hydrogen-bond donors (Lipinski definition) is 1. The van der Waals surface area contributed by atoms with Crippen molar-refractivity contribution in [1.29, 1.82) is 0 Å². The van der Waals surface area contributed by atoms with Gasteiger partial charge in [0.2, 0.25) is 0 Å². The average molecular weight is 526 g/mol. The summed E-state index contributed by atoms with van der Waals surface area (Å²) in [5.74, 6) is -0.507. The molecule has 214 valence electrons. The zero-order chi connectivity index (χ0) is 27.8. The van der Waals surface area contributed by atoms with Crippen LogP contribution in [0, 0.1) is 4.91 Å². The van der Waals surface area contributed by atoms with Gasteiger partial charge in [-0.1, -0.05) is 144 Å². The van der Waals surface area contributed by atoms with E-state index in [-0.39, 0.29) is 0 Å². The van der Waals surface area contributed by atoms with E-state index < -0.39 is 12.0 Å². The standard InChI is InChI=1S/C34H55NO3/c1-2-3-27-30-33(36)31-28-25-23-21-19-17-15-13-11-9-7-5-4-6-8-10-12-14-16-18-20-22-24-26-29-32-34(37)35-38/h3,5,7,11,13,17,19,23,25,27-28,31,33,36H,2,4,6,8-10,12,14-16,18,20-22,24,26,29-30,32H2,1H3/b7-5-,13-11-,19-17-,25-23-,27-3-,31-28+/t33-/m0/s1. The second-order valence-corrected chi connectivity index (χ2v) is 9.88. The fraction of sp³-hybridized carbons (Fsp3) is 0.618. The number of amides is 1. The lowest BCUT2D eigenvalue weighted by Crippen LogP contribution is -1.98. The molecular formula is C34H55NO3. The number of carbonyl (C=O) groups excluding carboxylic acids is 1. The Labute approximate surface area is 233 Å². The molecule has 0 saturated carbocycles. The summed E-state index contributed by atoms with van der Waals surface area (Å²) in [6.07, 6.45) is 45.9. The predicted octanol–water partition coefficient (Wildman–Crippen LogP) is 10.4. The highest BCUT2D eigenvalue weighted by Gasteiger charge is 1.99. The molecule has 0 heterocycles. The molecule has 0 aliphatic heterocycles. The molecule has 38 heavy (non-hydrogen) atoms. The summed E-state index contributed by atoms with van der Waals surface area (Å²) in [6.45, 7) is 2.09. The maximum absolute atomic E-state index is 10.8. The highest BCUT2D eigenvalue weighted by atomic mass is 16.3.